The number of anilines is 1. The van der Waals surface area contributed by atoms with E-state index in [1.807, 2.05) is 0 Å². The number of fused-ring (bicyclic) bond motifs is 1. The zero-order valence-corrected chi connectivity index (χ0v) is 12.5. The van der Waals surface area contributed by atoms with Crippen LogP contribution in [-0.4, -0.2) is 48.0 Å². The number of hydrogen-bond acceptors (Lipinski definition) is 7. The van der Waals surface area contributed by atoms with E-state index in [4.69, 9.17) is 16.9 Å². The smallest absolute Gasteiger partial charge is 0.180 e. The fraction of sp³-hybridized carbons (Fsp3) is 0.400. The van der Waals surface area contributed by atoms with Crippen molar-refractivity contribution < 1.29 is 14.9 Å². The van der Waals surface area contributed by atoms with Crippen molar-refractivity contribution in [3.05, 3.63) is 24.8 Å². The molecule has 0 saturated carbocycles. The van der Waals surface area contributed by atoms with E-state index < -0.39 is 30.5 Å². The average Bonchev–Trinajstić information content (AvgIpc) is 3.07. The third kappa shape index (κ3) is 2.09. The highest BCUT2D eigenvalue weighted by Crippen LogP contribution is 2.45. The van der Waals surface area contributed by atoms with Gasteiger partial charge < -0.3 is 20.7 Å². The number of aliphatic hydroxyl groups is 2. The predicted molar refractivity (Wildman–Crippen MR) is 82.8 cm³/mol. The lowest BCUT2D eigenvalue weighted by Gasteiger charge is -2.24. The molecule has 1 saturated heterocycles. The molecule has 1 aliphatic heterocycles. The lowest BCUT2D eigenvalue weighted by Crippen LogP contribution is -2.43. The summed E-state index contributed by atoms with van der Waals surface area (Å²) in [5.41, 5.74) is 5.82. The second kappa shape index (κ2) is 5.31. The number of nitrogens with zero attached hydrogens (tertiary/aromatic N) is 4. The molecule has 23 heavy (non-hydrogen) atoms. The molecule has 4 N–H and O–H groups in total. The van der Waals surface area contributed by atoms with E-state index in [1.54, 1.807) is 11.5 Å². The van der Waals surface area contributed by atoms with Crippen LogP contribution in [-0.2, 0) is 4.74 Å². The third-order valence-corrected chi connectivity index (χ3v) is 4.17. The van der Waals surface area contributed by atoms with Gasteiger partial charge in [0, 0.05) is 0 Å². The van der Waals surface area contributed by atoms with Crippen molar-refractivity contribution in [1.29, 1.82) is 0 Å². The van der Waals surface area contributed by atoms with Crippen molar-refractivity contribution in [2.24, 2.45) is 5.92 Å². The summed E-state index contributed by atoms with van der Waals surface area (Å²) < 4.78 is 7.47. The van der Waals surface area contributed by atoms with Gasteiger partial charge in [-0.05, 0) is 6.92 Å². The number of rotatable bonds is 3. The molecule has 2 aromatic rings. The second-order valence-electron chi connectivity index (χ2n) is 5.60. The molecule has 8 heteroatoms. The standard InChI is InChI=1S/C15H17N5O3/c1-4-15(5-21)11(22)9(8(2)3)14(23-15)20-7-19-10-12(16)17-6-18-13(10)20/h1,6-7,9,11,14,21-22H,2,5H2,3H3,(H2,16,17,18)/t9-,11-,14+,15+/m0/s1. The van der Waals surface area contributed by atoms with Gasteiger partial charge in [0.15, 0.2) is 17.1 Å². The van der Waals surface area contributed by atoms with Gasteiger partial charge in [0.25, 0.3) is 0 Å². The molecule has 8 nitrogen and oxygen atoms in total. The van der Waals surface area contributed by atoms with Crippen LogP contribution < -0.4 is 5.73 Å². The molecule has 4 atom stereocenters. The number of nitrogens with two attached hydrogens (primary N) is 1. The number of terminal acetylenes is 1. The van der Waals surface area contributed by atoms with Crippen LogP contribution in [0.25, 0.3) is 11.2 Å². The fourth-order valence-electron chi connectivity index (χ4n) is 2.90. The molecular weight excluding hydrogens is 298 g/mol. The summed E-state index contributed by atoms with van der Waals surface area (Å²) in [5.74, 6) is 2.06. The minimum absolute atomic E-state index is 0.240. The second-order valence-corrected chi connectivity index (χ2v) is 5.60. The van der Waals surface area contributed by atoms with Crippen LogP contribution in [0.2, 0.25) is 0 Å². The minimum Gasteiger partial charge on any atom is -0.392 e. The van der Waals surface area contributed by atoms with Crippen LogP contribution >= 0.6 is 0 Å². The first-order valence-electron chi connectivity index (χ1n) is 6.98. The van der Waals surface area contributed by atoms with Crippen molar-refractivity contribution in [2.75, 3.05) is 12.3 Å². The Morgan fingerprint density at radius 3 is 2.91 bits per heavy atom. The molecule has 2 aromatic heterocycles. The van der Waals surface area contributed by atoms with Crippen LogP contribution in [0.5, 0.6) is 0 Å². The van der Waals surface area contributed by atoms with Crippen molar-refractivity contribution >= 4 is 17.0 Å². The summed E-state index contributed by atoms with van der Waals surface area (Å²) in [7, 11) is 0. The van der Waals surface area contributed by atoms with Gasteiger partial charge in [0.2, 0.25) is 0 Å². The van der Waals surface area contributed by atoms with Gasteiger partial charge >= 0.3 is 0 Å². The molecule has 3 heterocycles. The first-order valence-corrected chi connectivity index (χ1v) is 6.98. The first kappa shape index (κ1) is 15.4. The quantitative estimate of drug-likeness (QED) is 0.532. The first-order chi connectivity index (χ1) is 10.9. The lowest BCUT2D eigenvalue weighted by atomic mass is 9.86. The van der Waals surface area contributed by atoms with E-state index >= 15 is 0 Å². The molecular formula is C15H17N5O3. The Hall–Kier alpha value is -2.47. The van der Waals surface area contributed by atoms with Crippen LogP contribution in [0.3, 0.4) is 0 Å². The highest BCUT2D eigenvalue weighted by molar-refractivity contribution is 5.81. The summed E-state index contributed by atoms with van der Waals surface area (Å²) in [5, 5.41) is 20.2. The summed E-state index contributed by atoms with van der Waals surface area (Å²) in [4.78, 5) is 12.2. The van der Waals surface area contributed by atoms with Gasteiger partial charge in [0.05, 0.1) is 18.9 Å². The summed E-state index contributed by atoms with van der Waals surface area (Å²) in [6.45, 7) is 5.14. The Balaban J connectivity index is 2.15. The highest BCUT2D eigenvalue weighted by atomic mass is 16.6. The number of nitrogen functional groups attached to an aromatic ring is 1. The summed E-state index contributed by atoms with van der Waals surface area (Å²) in [6.07, 6.45) is 6.47. The zero-order valence-electron chi connectivity index (χ0n) is 12.5. The van der Waals surface area contributed by atoms with Crippen LogP contribution in [0, 0.1) is 18.3 Å². The van der Waals surface area contributed by atoms with Crippen molar-refractivity contribution in [3.8, 4) is 12.3 Å². The Bertz CT molecular complexity index is 811. The molecule has 1 aliphatic rings. The molecule has 0 aromatic carbocycles. The van der Waals surface area contributed by atoms with Gasteiger partial charge in [-0.25, -0.2) is 15.0 Å². The molecule has 0 spiro atoms. The van der Waals surface area contributed by atoms with Crippen molar-refractivity contribution in [3.63, 3.8) is 0 Å². The maximum Gasteiger partial charge on any atom is 0.180 e. The van der Waals surface area contributed by atoms with Gasteiger partial charge in [0.1, 0.15) is 24.2 Å². The maximum atomic E-state index is 10.6. The Labute approximate surface area is 132 Å². The van der Waals surface area contributed by atoms with E-state index in [-0.39, 0.29) is 5.82 Å². The predicted octanol–water partition coefficient (Wildman–Crippen LogP) is -0.145. The normalized spacial score (nSPS) is 30.4. The topological polar surface area (TPSA) is 119 Å². The number of ether oxygens (including phenoxy) is 1. The zero-order chi connectivity index (χ0) is 16.8. The number of hydrogen-bond donors (Lipinski definition) is 3. The largest absolute Gasteiger partial charge is 0.392 e. The minimum atomic E-state index is -1.51. The third-order valence-electron chi connectivity index (χ3n) is 4.17. The molecule has 0 aliphatic carbocycles. The molecule has 0 radical (unpaired) electrons. The van der Waals surface area contributed by atoms with E-state index in [1.165, 1.54) is 12.7 Å². The summed E-state index contributed by atoms with van der Waals surface area (Å²) >= 11 is 0. The Kier molecular flexibility index (Phi) is 3.56. The van der Waals surface area contributed by atoms with E-state index in [0.717, 1.165) is 0 Å². The average molecular weight is 315 g/mol. The van der Waals surface area contributed by atoms with Gasteiger partial charge in [-0.1, -0.05) is 18.1 Å². The number of aliphatic hydroxyl groups excluding tert-OH is 2. The lowest BCUT2D eigenvalue weighted by molar-refractivity contribution is -0.0895. The molecule has 120 valence electrons. The maximum absolute atomic E-state index is 10.6. The molecule has 0 amide bonds. The van der Waals surface area contributed by atoms with E-state index in [9.17, 15) is 10.2 Å². The number of aromatic nitrogens is 4. The SMILES string of the molecule is C#C[C@]1(CO)O[C@@H](n2cnc3c(N)ncnc32)[C@@H](C(=C)C)[C@@H]1O. The molecule has 0 bridgehead atoms. The van der Waals surface area contributed by atoms with E-state index in [2.05, 4.69) is 27.5 Å². The number of imidazole rings is 1. The summed E-state index contributed by atoms with van der Waals surface area (Å²) in [6, 6.07) is 0. The highest BCUT2D eigenvalue weighted by Gasteiger charge is 2.54. The Morgan fingerprint density at radius 2 is 2.30 bits per heavy atom. The van der Waals surface area contributed by atoms with Crippen LogP contribution in [0.4, 0.5) is 5.82 Å². The van der Waals surface area contributed by atoms with Gasteiger partial charge in [-0.3, -0.25) is 4.57 Å². The monoisotopic (exact) mass is 315 g/mol. The molecule has 0 unspecified atom stereocenters. The van der Waals surface area contributed by atoms with Gasteiger partial charge in [-0.15, -0.1) is 6.42 Å². The van der Waals surface area contributed by atoms with Crippen molar-refractivity contribution in [1.82, 2.24) is 19.5 Å². The van der Waals surface area contributed by atoms with Gasteiger partial charge in [-0.2, -0.15) is 0 Å². The Morgan fingerprint density at radius 1 is 1.57 bits per heavy atom. The van der Waals surface area contributed by atoms with Crippen molar-refractivity contribution in [2.45, 2.75) is 24.9 Å². The molecule has 3 rings (SSSR count). The fourth-order valence-corrected chi connectivity index (χ4v) is 2.90. The van der Waals surface area contributed by atoms with Crippen LogP contribution in [0.15, 0.2) is 24.8 Å². The molecule has 1 fully saturated rings. The van der Waals surface area contributed by atoms with Crippen LogP contribution in [0.1, 0.15) is 13.2 Å². The van der Waals surface area contributed by atoms with E-state index in [0.29, 0.717) is 16.7 Å².